The third-order valence-corrected chi connectivity index (χ3v) is 3.78. The minimum atomic E-state index is -0.570. The molecule has 2 amide bonds. The summed E-state index contributed by atoms with van der Waals surface area (Å²) >= 11 is 0. The van der Waals surface area contributed by atoms with Crippen molar-refractivity contribution < 1.29 is 23.9 Å². The maximum absolute atomic E-state index is 12.2. The zero-order valence-electron chi connectivity index (χ0n) is 17.1. The molecule has 0 spiro atoms. The second kappa shape index (κ2) is 9.73. The van der Waals surface area contributed by atoms with Crippen LogP contribution >= 0.6 is 0 Å². The van der Waals surface area contributed by atoms with E-state index in [1.807, 2.05) is 0 Å². The SMILES string of the molecule is COC(=O)Cc1ccc(NC(=O)Cc2ccc(NC(=O)OC(C)(C)C)cc2)cc1. The maximum Gasteiger partial charge on any atom is 0.412 e. The van der Waals surface area contributed by atoms with Crippen molar-refractivity contribution in [1.82, 2.24) is 0 Å². The molecule has 154 valence electrons. The van der Waals surface area contributed by atoms with Gasteiger partial charge in [-0.15, -0.1) is 0 Å². The lowest BCUT2D eigenvalue weighted by Gasteiger charge is -2.19. The number of hydrogen-bond acceptors (Lipinski definition) is 5. The fraction of sp³-hybridized carbons (Fsp3) is 0.318. The van der Waals surface area contributed by atoms with Crippen molar-refractivity contribution in [3.05, 3.63) is 59.7 Å². The predicted octanol–water partition coefficient (Wildman–Crippen LogP) is 3.93. The molecule has 2 rings (SSSR count). The molecule has 0 heterocycles. The third kappa shape index (κ3) is 8.04. The first-order valence-corrected chi connectivity index (χ1v) is 9.19. The largest absolute Gasteiger partial charge is 0.469 e. The van der Waals surface area contributed by atoms with Crippen molar-refractivity contribution in [2.75, 3.05) is 17.7 Å². The van der Waals surface area contributed by atoms with E-state index in [2.05, 4.69) is 15.4 Å². The minimum Gasteiger partial charge on any atom is -0.469 e. The van der Waals surface area contributed by atoms with Gasteiger partial charge in [-0.1, -0.05) is 24.3 Å². The quantitative estimate of drug-likeness (QED) is 0.719. The molecular weight excluding hydrogens is 372 g/mol. The van der Waals surface area contributed by atoms with Crippen molar-refractivity contribution in [2.24, 2.45) is 0 Å². The Morgan fingerprint density at radius 3 is 1.76 bits per heavy atom. The number of hydrogen-bond donors (Lipinski definition) is 2. The smallest absolute Gasteiger partial charge is 0.412 e. The highest BCUT2D eigenvalue weighted by atomic mass is 16.6. The number of nitrogens with one attached hydrogen (secondary N) is 2. The zero-order chi connectivity index (χ0) is 21.4. The van der Waals surface area contributed by atoms with Gasteiger partial charge in [-0.2, -0.15) is 0 Å². The van der Waals surface area contributed by atoms with E-state index in [0.717, 1.165) is 11.1 Å². The molecule has 7 heteroatoms. The number of carbonyl (C=O) groups is 3. The number of methoxy groups -OCH3 is 1. The summed E-state index contributed by atoms with van der Waals surface area (Å²) in [6, 6.07) is 14.0. The summed E-state index contributed by atoms with van der Waals surface area (Å²) in [5, 5.41) is 5.46. The van der Waals surface area contributed by atoms with Crippen LogP contribution in [-0.2, 0) is 31.9 Å². The van der Waals surface area contributed by atoms with Gasteiger partial charge in [0.2, 0.25) is 5.91 Å². The fourth-order valence-electron chi connectivity index (χ4n) is 2.46. The summed E-state index contributed by atoms with van der Waals surface area (Å²) < 4.78 is 9.83. The summed E-state index contributed by atoms with van der Waals surface area (Å²) in [5.41, 5.74) is 2.28. The molecule has 0 fully saturated rings. The van der Waals surface area contributed by atoms with Gasteiger partial charge in [0.1, 0.15) is 5.60 Å². The molecule has 0 aliphatic carbocycles. The lowest BCUT2D eigenvalue weighted by atomic mass is 10.1. The van der Waals surface area contributed by atoms with Crippen LogP contribution in [0.5, 0.6) is 0 Å². The van der Waals surface area contributed by atoms with Gasteiger partial charge in [0.15, 0.2) is 0 Å². The Balaban J connectivity index is 1.86. The summed E-state index contributed by atoms with van der Waals surface area (Å²) in [6.45, 7) is 5.38. The number of amides is 2. The van der Waals surface area contributed by atoms with Crippen LogP contribution in [0.4, 0.5) is 16.2 Å². The molecular formula is C22H26N2O5. The molecule has 0 aliphatic rings. The lowest BCUT2D eigenvalue weighted by molar-refractivity contribution is -0.139. The highest BCUT2D eigenvalue weighted by Gasteiger charge is 2.16. The standard InChI is InChI=1S/C22H26N2O5/c1-22(2,3)29-21(27)24-18-11-5-15(6-12-18)13-19(25)23-17-9-7-16(8-10-17)14-20(26)28-4/h5-12H,13-14H2,1-4H3,(H,23,25)(H,24,27). The molecule has 0 bridgehead atoms. The number of benzene rings is 2. The molecule has 0 atom stereocenters. The van der Waals surface area contributed by atoms with Crippen molar-refractivity contribution in [3.8, 4) is 0 Å². The van der Waals surface area contributed by atoms with Crippen molar-refractivity contribution in [2.45, 2.75) is 39.2 Å². The van der Waals surface area contributed by atoms with E-state index in [9.17, 15) is 14.4 Å². The second-order valence-corrected chi connectivity index (χ2v) is 7.50. The van der Waals surface area contributed by atoms with Crippen LogP contribution in [0.2, 0.25) is 0 Å². The topological polar surface area (TPSA) is 93.7 Å². The van der Waals surface area contributed by atoms with E-state index in [1.165, 1.54) is 7.11 Å². The molecule has 0 aliphatic heterocycles. The molecule has 2 aromatic carbocycles. The molecule has 29 heavy (non-hydrogen) atoms. The van der Waals surface area contributed by atoms with E-state index in [1.54, 1.807) is 69.3 Å². The summed E-state index contributed by atoms with van der Waals surface area (Å²) in [4.78, 5) is 35.3. The van der Waals surface area contributed by atoms with Gasteiger partial charge in [-0.3, -0.25) is 14.9 Å². The lowest BCUT2D eigenvalue weighted by Crippen LogP contribution is -2.27. The summed E-state index contributed by atoms with van der Waals surface area (Å²) in [6.07, 6.45) is -0.149. The number of esters is 1. The maximum atomic E-state index is 12.2. The van der Waals surface area contributed by atoms with Gasteiger partial charge in [-0.05, 0) is 56.2 Å². The van der Waals surface area contributed by atoms with Gasteiger partial charge in [0, 0.05) is 11.4 Å². The Bertz CT molecular complexity index is 852. The first-order chi connectivity index (χ1) is 13.6. The molecule has 0 radical (unpaired) electrons. The predicted molar refractivity (Wildman–Crippen MR) is 111 cm³/mol. The van der Waals surface area contributed by atoms with Crippen molar-refractivity contribution in [3.63, 3.8) is 0 Å². The van der Waals surface area contributed by atoms with Crippen LogP contribution in [0.25, 0.3) is 0 Å². The van der Waals surface area contributed by atoms with E-state index in [-0.39, 0.29) is 24.7 Å². The van der Waals surface area contributed by atoms with Crippen molar-refractivity contribution in [1.29, 1.82) is 0 Å². The first kappa shape index (κ1) is 21.9. The molecule has 7 nitrogen and oxygen atoms in total. The average molecular weight is 398 g/mol. The highest BCUT2D eigenvalue weighted by molar-refractivity contribution is 5.92. The Labute approximate surface area is 170 Å². The Kier molecular flexibility index (Phi) is 7.36. The minimum absolute atomic E-state index is 0.168. The van der Waals surface area contributed by atoms with E-state index < -0.39 is 11.7 Å². The Hall–Kier alpha value is -3.35. The number of rotatable bonds is 6. The fourth-order valence-corrected chi connectivity index (χ4v) is 2.46. The Morgan fingerprint density at radius 2 is 1.28 bits per heavy atom. The van der Waals surface area contributed by atoms with Gasteiger partial charge in [0.05, 0.1) is 20.0 Å². The number of ether oxygens (including phenoxy) is 2. The van der Waals surface area contributed by atoms with Crippen LogP contribution in [0, 0.1) is 0 Å². The highest BCUT2D eigenvalue weighted by Crippen LogP contribution is 2.15. The Morgan fingerprint density at radius 1 is 0.793 bits per heavy atom. The van der Waals surface area contributed by atoms with E-state index in [0.29, 0.717) is 11.4 Å². The van der Waals surface area contributed by atoms with Crippen LogP contribution in [0.15, 0.2) is 48.5 Å². The van der Waals surface area contributed by atoms with E-state index in [4.69, 9.17) is 4.74 Å². The van der Waals surface area contributed by atoms with Gasteiger partial charge < -0.3 is 14.8 Å². The van der Waals surface area contributed by atoms with Crippen LogP contribution in [-0.4, -0.2) is 30.7 Å². The molecule has 2 N–H and O–H groups in total. The number of anilines is 2. The van der Waals surface area contributed by atoms with Crippen LogP contribution < -0.4 is 10.6 Å². The van der Waals surface area contributed by atoms with Gasteiger partial charge in [-0.25, -0.2) is 4.79 Å². The molecule has 0 saturated heterocycles. The molecule has 0 unspecified atom stereocenters. The van der Waals surface area contributed by atoms with Crippen LogP contribution in [0.1, 0.15) is 31.9 Å². The molecule has 0 saturated carbocycles. The van der Waals surface area contributed by atoms with Gasteiger partial charge >= 0.3 is 12.1 Å². The molecule has 0 aromatic heterocycles. The average Bonchev–Trinajstić information content (AvgIpc) is 2.63. The molecule has 2 aromatic rings. The van der Waals surface area contributed by atoms with Gasteiger partial charge in [0.25, 0.3) is 0 Å². The third-order valence-electron chi connectivity index (χ3n) is 3.78. The number of carbonyl (C=O) groups excluding carboxylic acids is 3. The monoisotopic (exact) mass is 398 g/mol. The first-order valence-electron chi connectivity index (χ1n) is 9.19. The summed E-state index contributed by atoms with van der Waals surface area (Å²) in [5.74, 6) is -0.482. The second-order valence-electron chi connectivity index (χ2n) is 7.50. The zero-order valence-corrected chi connectivity index (χ0v) is 17.1. The summed E-state index contributed by atoms with van der Waals surface area (Å²) in [7, 11) is 1.34. The van der Waals surface area contributed by atoms with Crippen LogP contribution in [0.3, 0.4) is 0 Å². The normalized spacial score (nSPS) is 10.8. The van der Waals surface area contributed by atoms with Crippen molar-refractivity contribution >= 4 is 29.3 Å². The van der Waals surface area contributed by atoms with E-state index >= 15 is 0 Å².